The Morgan fingerprint density at radius 1 is 1.10 bits per heavy atom. The molecule has 3 aromatic carbocycles. The van der Waals surface area contributed by atoms with Crippen LogP contribution in [-0.4, -0.2) is 27.8 Å². The van der Waals surface area contributed by atoms with Gasteiger partial charge in [-0.25, -0.2) is 0 Å². The van der Waals surface area contributed by atoms with Gasteiger partial charge in [0.2, 0.25) is 0 Å². The third kappa shape index (κ3) is 4.08. The number of aromatic hydroxyl groups is 1. The summed E-state index contributed by atoms with van der Waals surface area (Å²) in [6, 6.07) is 17.2. The maximum Gasteiger partial charge on any atom is 0.293 e. The highest BCUT2D eigenvalue weighted by atomic mass is 79.9. The van der Waals surface area contributed by atoms with Crippen molar-refractivity contribution in [3.8, 4) is 11.5 Å². The van der Waals surface area contributed by atoms with Crippen LogP contribution in [0.1, 0.15) is 18.1 Å². The number of amides is 2. The number of phenolic OH excluding ortho intramolecular Hbond substituents is 1. The van der Waals surface area contributed by atoms with Gasteiger partial charge in [0.15, 0.2) is 11.5 Å². The highest BCUT2D eigenvalue weighted by Gasteiger charge is 2.35. The molecule has 0 bridgehead atoms. The van der Waals surface area contributed by atoms with Crippen LogP contribution in [0.4, 0.5) is 4.79 Å². The molecule has 0 aromatic heterocycles. The van der Waals surface area contributed by atoms with Crippen LogP contribution in [0, 0.1) is 0 Å². The van der Waals surface area contributed by atoms with Crippen LogP contribution in [0.3, 0.4) is 0 Å². The lowest BCUT2D eigenvalue weighted by Gasteiger charge is -2.13. The molecule has 1 N–H and O–H groups in total. The van der Waals surface area contributed by atoms with Gasteiger partial charge in [0.05, 0.1) is 18.1 Å². The molecule has 1 aliphatic heterocycles. The number of nitrogens with zero attached hydrogens (tertiary/aromatic N) is 1. The molecule has 1 heterocycles. The van der Waals surface area contributed by atoms with E-state index in [1.807, 2.05) is 49.4 Å². The molecular weight excluding hydrogens is 466 g/mol. The first-order valence-corrected chi connectivity index (χ1v) is 11.0. The maximum absolute atomic E-state index is 12.9. The number of hydrogen-bond acceptors (Lipinski definition) is 5. The summed E-state index contributed by atoms with van der Waals surface area (Å²) in [5.74, 6) is -0.134. The normalized spacial score (nSPS) is 15.4. The van der Waals surface area contributed by atoms with E-state index in [4.69, 9.17) is 4.74 Å². The lowest BCUT2D eigenvalue weighted by molar-refractivity contribution is -0.123. The zero-order valence-electron chi connectivity index (χ0n) is 16.1. The molecular formula is C23H18BrNO4S. The van der Waals surface area contributed by atoms with E-state index in [9.17, 15) is 14.7 Å². The number of hydrogen-bond donors (Lipinski definition) is 1. The summed E-state index contributed by atoms with van der Waals surface area (Å²) in [6.07, 6.45) is 1.52. The van der Waals surface area contributed by atoms with Crippen LogP contribution in [0.5, 0.6) is 11.5 Å². The van der Waals surface area contributed by atoms with E-state index in [1.165, 1.54) is 11.0 Å². The molecule has 0 spiro atoms. The van der Waals surface area contributed by atoms with Crippen molar-refractivity contribution in [2.24, 2.45) is 0 Å². The minimum atomic E-state index is -0.379. The van der Waals surface area contributed by atoms with Gasteiger partial charge in [0.25, 0.3) is 11.1 Å². The third-order valence-corrected chi connectivity index (χ3v) is 6.05. The SMILES string of the molecule is CCOc1cc(Br)cc(/C=C2\SC(=O)N(Cc3ccc4ccccc4c3)C2=O)c1O. The zero-order chi connectivity index (χ0) is 21.3. The van der Waals surface area contributed by atoms with E-state index in [0.717, 1.165) is 28.1 Å². The first-order chi connectivity index (χ1) is 14.5. The molecule has 152 valence electrons. The van der Waals surface area contributed by atoms with Gasteiger partial charge in [0, 0.05) is 10.0 Å². The smallest absolute Gasteiger partial charge is 0.293 e. The largest absolute Gasteiger partial charge is 0.504 e. The number of phenols is 1. The van der Waals surface area contributed by atoms with Crippen LogP contribution in [0.25, 0.3) is 16.8 Å². The summed E-state index contributed by atoms with van der Waals surface area (Å²) in [5, 5.41) is 12.3. The van der Waals surface area contributed by atoms with Gasteiger partial charge < -0.3 is 9.84 Å². The number of rotatable bonds is 5. The van der Waals surface area contributed by atoms with Crippen molar-refractivity contribution in [1.82, 2.24) is 4.90 Å². The molecule has 1 aliphatic rings. The summed E-state index contributed by atoms with van der Waals surface area (Å²) >= 11 is 4.24. The lowest BCUT2D eigenvalue weighted by Crippen LogP contribution is -2.27. The lowest BCUT2D eigenvalue weighted by atomic mass is 10.1. The second-order valence-electron chi connectivity index (χ2n) is 6.72. The summed E-state index contributed by atoms with van der Waals surface area (Å²) in [6.45, 7) is 2.41. The van der Waals surface area contributed by atoms with Crippen molar-refractivity contribution < 1.29 is 19.4 Å². The van der Waals surface area contributed by atoms with Crippen molar-refractivity contribution in [2.45, 2.75) is 13.5 Å². The first kappa shape index (κ1) is 20.5. The molecule has 0 atom stereocenters. The average Bonchev–Trinajstić information content (AvgIpc) is 2.99. The molecule has 30 heavy (non-hydrogen) atoms. The number of imide groups is 1. The fraction of sp³-hybridized carbons (Fsp3) is 0.130. The van der Waals surface area contributed by atoms with Gasteiger partial charge in [-0.1, -0.05) is 52.3 Å². The Balaban J connectivity index is 1.61. The van der Waals surface area contributed by atoms with Crippen LogP contribution in [-0.2, 0) is 11.3 Å². The minimum Gasteiger partial charge on any atom is -0.504 e. The number of carbonyl (C=O) groups excluding carboxylic acids is 2. The number of ether oxygens (including phenoxy) is 1. The molecule has 4 rings (SSSR count). The van der Waals surface area contributed by atoms with Crippen molar-refractivity contribution in [1.29, 1.82) is 0 Å². The Bertz CT molecular complexity index is 1190. The Hall–Kier alpha value is -2.77. The Kier molecular flexibility index (Phi) is 5.83. The van der Waals surface area contributed by atoms with Gasteiger partial charge >= 0.3 is 0 Å². The Morgan fingerprint density at radius 3 is 2.63 bits per heavy atom. The quantitative estimate of drug-likeness (QED) is 0.454. The van der Waals surface area contributed by atoms with E-state index in [-0.39, 0.29) is 28.3 Å². The van der Waals surface area contributed by atoms with Crippen LogP contribution in [0.15, 0.2) is 64.0 Å². The molecule has 0 aliphatic carbocycles. The molecule has 7 heteroatoms. The zero-order valence-corrected chi connectivity index (χ0v) is 18.5. The second kappa shape index (κ2) is 8.53. The van der Waals surface area contributed by atoms with Crippen LogP contribution < -0.4 is 4.74 Å². The molecule has 3 aromatic rings. The van der Waals surface area contributed by atoms with Gasteiger partial charge in [-0.2, -0.15) is 0 Å². The summed E-state index contributed by atoms with van der Waals surface area (Å²) in [5.41, 5.74) is 1.28. The predicted octanol–water partition coefficient (Wildman–Crippen LogP) is 5.94. The molecule has 1 saturated heterocycles. The molecule has 0 radical (unpaired) electrons. The van der Waals surface area contributed by atoms with Crippen LogP contribution >= 0.6 is 27.7 Å². The van der Waals surface area contributed by atoms with Crippen LogP contribution in [0.2, 0.25) is 0 Å². The summed E-state index contributed by atoms with van der Waals surface area (Å²) in [7, 11) is 0. The van der Waals surface area contributed by atoms with E-state index < -0.39 is 0 Å². The fourth-order valence-electron chi connectivity index (χ4n) is 3.27. The highest BCUT2D eigenvalue weighted by molar-refractivity contribution is 9.10. The standard InChI is InChI=1S/C23H18BrNO4S/c1-2-29-19-12-18(24)10-17(21(19)26)11-20-22(27)25(23(28)30-20)13-14-7-8-15-5-3-4-6-16(15)9-14/h3-12,26H,2,13H2,1H3/b20-11-. The maximum atomic E-state index is 12.9. The molecule has 1 fully saturated rings. The van der Waals surface area contributed by atoms with Gasteiger partial charge in [-0.3, -0.25) is 14.5 Å². The third-order valence-electron chi connectivity index (χ3n) is 4.68. The summed E-state index contributed by atoms with van der Waals surface area (Å²) in [4.78, 5) is 26.9. The number of fused-ring (bicyclic) bond motifs is 1. The highest BCUT2D eigenvalue weighted by Crippen LogP contribution is 2.39. The van der Waals surface area contributed by atoms with Crippen molar-refractivity contribution in [3.63, 3.8) is 0 Å². The van der Waals surface area contributed by atoms with Gasteiger partial charge in [-0.15, -0.1) is 0 Å². The van der Waals surface area contributed by atoms with E-state index in [1.54, 1.807) is 12.1 Å². The molecule has 2 amide bonds. The van der Waals surface area contributed by atoms with Gasteiger partial charge in [0.1, 0.15) is 0 Å². The molecule has 0 saturated carbocycles. The predicted molar refractivity (Wildman–Crippen MR) is 122 cm³/mol. The fourth-order valence-corrected chi connectivity index (χ4v) is 4.55. The Morgan fingerprint density at radius 2 is 1.87 bits per heavy atom. The average molecular weight is 484 g/mol. The number of thioether (sulfide) groups is 1. The van der Waals surface area contributed by atoms with Crippen molar-refractivity contribution in [3.05, 3.63) is 75.1 Å². The summed E-state index contributed by atoms with van der Waals surface area (Å²) < 4.78 is 6.13. The van der Waals surface area contributed by atoms with E-state index in [2.05, 4.69) is 15.9 Å². The van der Waals surface area contributed by atoms with Gasteiger partial charge in [-0.05, 0) is 59.3 Å². The van der Waals surface area contributed by atoms with Crippen molar-refractivity contribution in [2.75, 3.05) is 6.61 Å². The topological polar surface area (TPSA) is 66.8 Å². The number of benzene rings is 3. The number of halogens is 1. The first-order valence-electron chi connectivity index (χ1n) is 9.34. The Labute approximate surface area is 186 Å². The second-order valence-corrected chi connectivity index (χ2v) is 8.63. The molecule has 0 unspecified atom stereocenters. The number of carbonyl (C=O) groups is 2. The van der Waals surface area contributed by atoms with E-state index >= 15 is 0 Å². The van der Waals surface area contributed by atoms with E-state index in [0.29, 0.717) is 22.4 Å². The molecule has 5 nitrogen and oxygen atoms in total. The minimum absolute atomic E-state index is 0.0682. The van der Waals surface area contributed by atoms with Crippen molar-refractivity contribution >= 4 is 55.7 Å². The monoisotopic (exact) mass is 483 g/mol.